The first-order chi connectivity index (χ1) is 14.6. The maximum absolute atomic E-state index is 11.0. The zero-order valence-corrected chi connectivity index (χ0v) is 17.0. The van der Waals surface area contributed by atoms with E-state index in [2.05, 4.69) is 28.9 Å². The third kappa shape index (κ3) is 4.77. The monoisotopic (exact) mass is 411 g/mol. The van der Waals surface area contributed by atoms with Gasteiger partial charge >= 0.3 is 5.97 Å². The number of benzene rings is 2. The van der Waals surface area contributed by atoms with E-state index in [1.807, 2.05) is 18.2 Å². The van der Waals surface area contributed by atoms with Crippen molar-refractivity contribution in [3.05, 3.63) is 48.0 Å². The van der Waals surface area contributed by atoms with Crippen LogP contribution in [0.2, 0.25) is 0 Å². The lowest BCUT2D eigenvalue weighted by molar-refractivity contribution is 0.0697. The number of hydrogen-bond donors (Lipinski definition) is 2. The normalized spacial score (nSPS) is 10.8. The first-order valence-corrected chi connectivity index (χ1v) is 9.87. The van der Waals surface area contributed by atoms with Crippen LogP contribution in [-0.4, -0.2) is 52.6 Å². The largest absolute Gasteiger partial charge is 0.491 e. The summed E-state index contributed by atoms with van der Waals surface area (Å²) in [5.41, 5.74) is 2.53. The van der Waals surface area contributed by atoms with Crippen molar-refractivity contribution in [1.29, 1.82) is 0 Å². The Morgan fingerprint density at radius 1 is 1.10 bits per heavy atom. The molecule has 3 rings (SSSR count). The zero-order valence-electron chi connectivity index (χ0n) is 17.0. The van der Waals surface area contributed by atoms with Crippen LogP contribution in [0.4, 0.5) is 5.69 Å². The first kappa shape index (κ1) is 21.3. The summed E-state index contributed by atoms with van der Waals surface area (Å²) in [5, 5.41) is 22.1. The van der Waals surface area contributed by atoms with Crippen LogP contribution in [0.25, 0.3) is 22.8 Å². The first-order valence-electron chi connectivity index (χ1n) is 9.87. The fourth-order valence-corrected chi connectivity index (χ4v) is 3.05. The summed E-state index contributed by atoms with van der Waals surface area (Å²) in [4.78, 5) is 17.6. The van der Waals surface area contributed by atoms with Crippen molar-refractivity contribution >= 4 is 11.7 Å². The molecule has 2 aromatic carbocycles. The SMILES string of the molecule is CCN(CC)c1ccc(-c2noc(-c3ccc(C(=O)O)cc3)n2)cc1OCCCO. The summed E-state index contributed by atoms with van der Waals surface area (Å²) >= 11 is 0. The topological polar surface area (TPSA) is 109 Å². The molecular weight excluding hydrogens is 386 g/mol. The van der Waals surface area contributed by atoms with Crippen molar-refractivity contribution in [3.63, 3.8) is 0 Å². The number of anilines is 1. The van der Waals surface area contributed by atoms with Crippen LogP contribution < -0.4 is 9.64 Å². The Balaban J connectivity index is 1.89. The van der Waals surface area contributed by atoms with Gasteiger partial charge in [0.1, 0.15) is 5.75 Å². The second-order valence-electron chi connectivity index (χ2n) is 6.59. The van der Waals surface area contributed by atoms with Crippen LogP contribution in [-0.2, 0) is 0 Å². The predicted octanol–water partition coefficient (Wildman–Crippen LogP) is 3.71. The third-order valence-corrected chi connectivity index (χ3v) is 4.69. The van der Waals surface area contributed by atoms with Gasteiger partial charge in [-0.2, -0.15) is 4.98 Å². The fourth-order valence-electron chi connectivity index (χ4n) is 3.05. The van der Waals surface area contributed by atoms with Gasteiger partial charge in [-0.1, -0.05) is 5.16 Å². The highest BCUT2D eigenvalue weighted by molar-refractivity contribution is 5.88. The van der Waals surface area contributed by atoms with Gasteiger partial charge in [-0.15, -0.1) is 0 Å². The molecule has 0 radical (unpaired) electrons. The van der Waals surface area contributed by atoms with E-state index >= 15 is 0 Å². The van der Waals surface area contributed by atoms with Crippen molar-refractivity contribution in [1.82, 2.24) is 10.1 Å². The van der Waals surface area contributed by atoms with Crippen molar-refractivity contribution in [2.45, 2.75) is 20.3 Å². The number of carbonyl (C=O) groups is 1. The van der Waals surface area contributed by atoms with Gasteiger partial charge < -0.3 is 24.4 Å². The highest BCUT2D eigenvalue weighted by atomic mass is 16.5. The molecule has 8 nitrogen and oxygen atoms in total. The van der Waals surface area contributed by atoms with Gasteiger partial charge in [0.05, 0.1) is 17.9 Å². The third-order valence-electron chi connectivity index (χ3n) is 4.69. The van der Waals surface area contributed by atoms with Crippen LogP contribution in [0.5, 0.6) is 5.75 Å². The minimum absolute atomic E-state index is 0.0646. The number of aromatic nitrogens is 2. The van der Waals surface area contributed by atoms with Crippen molar-refractivity contribution in [2.75, 3.05) is 31.2 Å². The maximum Gasteiger partial charge on any atom is 0.335 e. The molecule has 0 aliphatic carbocycles. The molecule has 158 valence electrons. The van der Waals surface area contributed by atoms with E-state index in [1.165, 1.54) is 12.1 Å². The lowest BCUT2D eigenvalue weighted by Crippen LogP contribution is -2.22. The summed E-state index contributed by atoms with van der Waals surface area (Å²) in [6, 6.07) is 12.0. The number of hydrogen-bond acceptors (Lipinski definition) is 7. The number of aromatic carboxylic acids is 1. The van der Waals surface area contributed by atoms with Crippen molar-refractivity contribution in [2.24, 2.45) is 0 Å². The summed E-state index contributed by atoms with van der Waals surface area (Å²) in [6.45, 7) is 6.30. The van der Waals surface area contributed by atoms with Gasteiger partial charge in [0.2, 0.25) is 5.82 Å². The lowest BCUT2D eigenvalue weighted by atomic mass is 10.1. The maximum atomic E-state index is 11.0. The molecule has 0 aliphatic heterocycles. The molecular formula is C22H25N3O5. The molecule has 0 spiro atoms. The molecule has 0 amide bonds. The number of nitrogens with zero attached hydrogens (tertiary/aromatic N) is 3. The molecule has 0 saturated heterocycles. The minimum Gasteiger partial charge on any atom is -0.491 e. The number of rotatable bonds is 10. The number of aliphatic hydroxyl groups is 1. The van der Waals surface area contributed by atoms with Gasteiger partial charge in [0.15, 0.2) is 0 Å². The van der Waals surface area contributed by atoms with E-state index in [-0.39, 0.29) is 12.2 Å². The number of carboxylic acid groups (broad SMARTS) is 1. The van der Waals surface area contributed by atoms with Gasteiger partial charge in [-0.05, 0) is 56.3 Å². The van der Waals surface area contributed by atoms with Crippen LogP contribution in [0.1, 0.15) is 30.6 Å². The highest BCUT2D eigenvalue weighted by Crippen LogP contribution is 2.33. The second kappa shape index (κ2) is 9.89. The smallest absolute Gasteiger partial charge is 0.335 e. The summed E-state index contributed by atoms with van der Waals surface area (Å²) < 4.78 is 11.3. The van der Waals surface area contributed by atoms with Crippen LogP contribution in [0.15, 0.2) is 47.0 Å². The van der Waals surface area contributed by atoms with Crippen LogP contribution in [0.3, 0.4) is 0 Å². The molecule has 1 aromatic heterocycles. The summed E-state index contributed by atoms with van der Waals surface area (Å²) in [5.74, 6) is 0.416. The highest BCUT2D eigenvalue weighted by Gasteiger charge is 2.16. The fraction of sp³-hybridized carbons (Fsp3) is 0.318. The molecule has 30 heavy (non-hydrogen) atoms. The van der Waals surface area contributed by atoms with E-state index in [9.17, 15) is 4.79 Å². The molecule has 0 atom stereocenters. The van der Waals surface area contributed by atoms with E-state index < -0.39 is 5.97 Å². The Bertz CT molecular complexity index is 981. The Labute approximate surface area is 174 Å². The Morgan fingerprint density at radius 2 is 1.80 bits per heavy atom. The second-order valence-corrected chi connectivity index (χ2v) is 6.59. The molecule has 0 bridgehead atoms. The van der Waals surface area contributed by atoms with Gasteiger partial charge in [0, 0.05) is 37.2 Å². The summed E-state index contributed by atoms with van der Waals surface area (Å²) in [6.07, 6.45) is 0.542. The predicted molar refractivity (Wildman–Crippen MR) is 113 cm³/mol. The molecule has 0 unspecified atom stereocenters. The standard InChI is InChI=1S/C22H25N3O5/c1-3-25(4-2)18-11-10-17(14-19(18)29-13-5-12-26)20-23-21(30-24-20)15-6-8-16(9-7-15)22(27)28/h6-11,14,26H,3-5,12-13H2,1-2H3,(H,27,28). The van der Waals surface area contributed by atoms with E-state index in [0.29, 0.717) is 36.1 Å². The van der Waals surface area contributed by atoms with E-state index in [0.717, 1.165) is 24.3 Å². The molecule has 2 N–H and O–H groups in total. The van der Waals surface area contributed by atoms with Gasteiger partial charge in [-0.3, -0.25) is 0 Å². The van der Waals surface area contributed by atoms with Crippen LogP contribution in [0, 0.1) is 0 Å². The Morgan fingerprint density at radius 3 is 2.43 bits per heavy atom. The number of ether oxygens (including phenoxy) is 1. The molecule has 0 saturated carbocycles. The number of carboxylic acids is 1. The molecule has 3 aromatic rings. The zero-order chi connectivity index (χ0) is 21.5. The summed E-state index contributed by atoms with van der Waals surface area (Å²) in [7, 11) is 0. The van der Waals surface area contributed by atoms with E-state index in [1.54, 1.807) is 12.1 Å². The van der Waals surface area contributed by atoms with Gasteiger partial charge in [0.25, 0.3) is 5.89 Å². The molecule has 1 heterocycles. The Hall–Kier alpha value is -3.39. The van der Waals surface area contributed by atoms with Crippen molar-refractivity contribution < 1.29 is 24.3 Å². The lowest BCUT2D eigenvalue weighted by Gasteiger charge is -2.24. The van der Waals surface area contributed by atoms with Crippen molar-refractivity contribution in [3.8, 4) is 28.6 Å². The molecule has 0 fully saturated rings. The average Bonchev–Trinajstić information content (AvgIpc) is 3.26. The molecule has 0 aliphatic rings. The average molecular weight is 411 g/mol. The molecule has 8 heteroatoms. The van der Waals surface area contributed by atoms with E-state index in [4.69, 9.17) is 19.5 Å². The minimum atomic E-state index is -0.991. The quantitative estimate of drug-likeness (QED) is 0.486. The Kier molecular flexibility index (Phi) is 7.03. The van der Waals surface area contributed by atoms with Crippen LogP contribution >= 0.6 is 0 Å². The van der Waals surface area contributed by atoms with Gasteiger partial charge in [-0.25, -0.2) is 4.79 Å². The number of aliphatic hydroxyl groups excluding tert-OH is 1.